The predicted molar refractivity (Wildman–Crippen MR) is 107 cm³/mol. The fraction of sp³-hybridized carbons (Fsp3) is 0.333. The second-order valence-corrected chi connectivity index (χ2v) is 6.08. The van der Waals surface area contributed by atoms with Crippen molar-refractivity contribution in [3.05, 3.63) is 54.1 Å². The van der Waals surface area contributed by atoms with Gasteiger partial charge in [-0.2, -0.15) is 0 Å². The zero-order valence-corrected chi connectivity index (χ0v) is 16.4. The van der Waals surface area contributed by atoms with E-state index >= 15 is 0 Å². The maximum absolute atomic E-state index is 12.2. The summed E-state index contributed by atoms with van der Waals surface area (Å²) in [6.07, 6.45) is 0.773. The summed E-state index contributed by atoms with van der Waals surface area (Å²) in [5.41, 5.74) is 1.33. The van der Waals surface area contributed by atoms with Gasteiger partial charge >= 0.3 is 5.97 Å². The monoisotopic (exact) mass is 386 g/mol. The standard InChI is InChI=1S/C21H26N2O5/c1-23(16-9-5-4-6-10-16)14-8-13-22-19(24)15-28-21(25)17-11-7-12-18(26-2)20(17)27-3/h4-7,9-12H,8,13-15H2,1-3H3,(H,22,24). The van der Waals surface area contributed by atoms with E-state index in [1.54, 1.807) is 18.2 Å². The highest BCUT2D eigenvalue weighted by Crippen LogP contribution is 2.31. The molecule has 2 aromatic rings. The Balaban J connectivity index is 1.73. The summed E-state index contributed by atoms with van der Waals surface area (Å²) < 4.78 is 15.4. The van der Waals surface area contributed by atoms with Gasteiger partial charge < -0.3 is 24.4 Å². The summed E-state index contributed by atoms with van der Waals surface area (Å²) in [6, 6.07) is 14.9. The molecule has 1 N–H and O–H groups in total. The number of anilines is 1. The van der Waals surface area contributed by atoms with Crippen LogP contribution in [0.3, 0.4) is 0 Å². The van der Waals surface area contributed by atoms with Gasteiger partial charge in [0, 0.05) is 25.8 Å². The minimum absolute atomic E-state index is 0.208. The van der Waals surface area contributed by atoms with Crippen molar-refractivity contribution in [2.75, 3.05) is 45.9 Å². The third-order valence-corrected chi connectivity index (χ3v) is 4.15. The molecule has 0 heterocycles. The molecule has 7 nitrogen and oxygen atoms in total. The van der Waals surface area contributed by atoms with Gasteiger partial charge in [0.25, 0.3) is 5.91 Å². The molecule has 0 unspecified atom stereocenters. The number of carbonyl (C=O) groups is 2. The number of benzene rings is 2. The summed E-state index contributed by atoms with van der Waals surface area (Å²) in [7, 11) is 4.92. The highest BCUT2D eigenvalue weighted by Gasteiger charge is 2.18. The largest absolute Gasteiger partial charge is 0.493 e. The maximum atomic E-state index is 12.2. The van der Waals surface area contributed by atoms with Gasteiger partial charge in [-0.1, -0.05) is 24.3 Å². The second-order valence-electron chi connectivity index (χ2n) is 6.08. The zero-order valence-electron chi connectivity index (χ0n) is 16.4. The van der Waals surface area contributed by atoms with Crippen LogP contribution in [-0.2, 0) is 9.53 Å². The Morgan fingerprint density at radius 1 is 1.00 bits per heavy atom. The summed E-state index contributed by atoms with van der Waals surface area (Å²) in [4.78, 5) is 26.3. The molecule has 150 valence electrons. The van der Waals surface area contributed by atoms with E-state index in [0.29, 0.717) is 12.3 Å². The van der Waals surface area contributed by atoms with E-state index in [9.17, 15) is 9.59 Å². The molecule has 0 aliphatic carbocycles. The quantitative estimate of drug-likeness (QED) is 0.499. The molecule has 0 fully saturated rings. The highest BCUT2D eigenvalue weighted by molar-refractivity contribution is 5.94. The lowest BCUT2D eigenvalue weighted by atomic mass is 10.2. The van der Waals surface area contributed by atoms with E-state index in [1.807, 2.05) is 37.4 Å². The molecular formula is C21H26N2O5. The fourth-order valence-electron chi connectivity index (χ4n) is 2.66. The van der Waals surface area contributed by atoms with E-state index in [-0.39, 0.29) is 23.8 Å². The van der Waals surface area contributed by atoms with Gasteiger partial charge in [0.2, 0.25) is 0 Å². The van der Waals surface area contributed by atoms with E-state index in [1.165, 1.54) is 14.2 Å². The van der Waals surface area contributed by atoms with Crippen LogP contribution in [0, 0.1) is 0 Å². The molecule has 0 saturated carbocycles. The number of para-hydroxylation sites is 2. The number of carbonyl (C=O) groups excluding carboxylic acids is 2. The van der Waals surface area contributed by atoms with E-state index in [0.717, 1.165) is 18.7 Å². The summed E-state index contributed by atoms with van der Waals surface area (Å²) in [5.74, 6) is -0.296. The number of amides is 1. The van der Waals surface area contributed by atoms with Crippen LogP contribution >= 0.6 is 0 Å². The van der Waals surface area contributed by atoms with Crippen molar-refractivity contribution in [1.29, 1.82) is 0 Å². The zero-order chi connectivity index (χ0) is 20.4. The predicted octanol–water partition coefficient (Wildman–Crippen LogP) is 2.50. The van der Waals surface area contributed by atoms with Gasteiger partial charge in [0.1, 0.15) is 5.56 Å². The number of hydrogen-bond donors (Lipinski definition) is 1. The van der Waals surface area contributed by atoms with Gasteiger partial charge in [-0.05, 0) is 30.7 Å². The van der Waals surface area contributed by atoms with Crippen LogP contribution in [0.2, 0.25) is 0 Å². The lowest BCUT2D eigenvalue weighted by Crippen LogP contribution is -2.31. The Hall–Kier alpha value is -3.22. The average molecular weight is 386 g/mol. The first-order chi connectivity index (χ1) is 13.6. The fourth-order valence-corrected chi connectivity index (χ4v) is 2.66. The van der Waals surface area contributed by atoms with Crippen LogP contribution in [0.15, 0.2) is 48.5 Å². The molecular weight excluding hydrogens is 360 g/mol. The first kappa shape index (κ1) is 21.1. The van der Waals surface area contributed by atoms with Gasteiger partial charge in [0.15, 0.2) is 18.1 Å². The number of hydrogen-bond acceptors (Lipinski definition) is 6. The first-order valence-corrected chi connectivity index (χ1v) is 8.97. The van der Waals surface area contributed by atoms with Crippen LogP contribution < -0.4 is 19.7 Å². The molecule has 0 atom stereocenters. The number of nitrogens with one attached hydrogen (secondary N) is 1. The van der Waals surface area contributed by atoms with E-state index in [4.69, 9.17) is 14.2 Å². The molecule has 2 rings (SSSR count). The first-order valence-electron chi connectivity index (χ1n) is 8.97. The molecule has 0 aromatic heterocycles. The van der Waals surface area contributed by atoms with E-state index in [2.05, 4.69) is 10.2 Å². The third-order valence-electron chi connectivity index (χ3n) is 4.15. The van der Waals surface area contributed by atoms with Crippen LogP contribution in [0.1, 0.15) is 16.8 Å². The van der Waals surface area contributed by atoms with Gasteiger partial charge in [-0.25, -0.2) is 4.79 Å². The molecule has 0 aliphatic heterocycles. The normalized spacial score (nSPS) is 10.1. The minimum atomic E-state index is -0.644. The van der Waals surface area contributed by atoms with Crippen LogP contribution in [0.5, 0.6) is 11.5 Å². The topological polar surface area (TPSA) is 77.1 Å². The SMILES string of the molecule is COc1cccc(C(=O)OCC(=O)NCCCN(C)c2ccccc2)c1OC. The molecule has 0 saturated heterocycles. The number of ether oxygens (including phenoxy) is 3. The van der Waals surface area contributed by atoms with Gasteiger partial charge in [-0.3, -0.25) is 4.79 Å². The van der Waals surface area contributed by atoms with E-state index < -0.39 is 5.97 Å². The van der Waals surface area contributed by atoms with Crippen molar-refractivity contribution in [2.45, 2.75) is 6.42 Å². The van der Waals surface area contributed by atoms with Crippen LogP contribution in [-0.4, -0.2) is 52.8 Å². The van der Waals surface area contributed by atoms with Crippen LogP contribution in [0.4, 0.5) is 5.69 Å². The molecule has 0 bridgehead atoms. The number of nitrogens with zero attached hydrogens (tertiary/aromatic N) is 1. The third kappa shape index (κ3) is 5.90. The van der Waals surface area contributed by atoms with Crippen LogP contribution in [0.25, 0.3) is 0 Å². The molecule has 7 heteroatoms. The highest BCUT2D eigenvalue weighted by atomic mass is 16.5. The van der Waals surface area contributed by atoms with Crippen molar-refractivity contribution in [3.8, 4) is 11.5 Å². The Labute approximate surface area is 165 Å². The summed E-state index contributed by atoms with van der Waals surface area (Å²) in [5, 5.41) is 2.75. The lowest BCUT2D eigenvalue weighted by Gasteiger charge is -2.19. The van der Waals surface area contributed by atoms with Crippen molar-refractivity contribution in [1.82, 2.24) is 5.32 Å². The summed E-state index contributed by atoms with van der Waals surface area (Å²) >= 11 is 0. The van der Waals surface area contributed by atoms with Crippen molar-refractivity contribution in [2.24, 2.45) is 0 Å². The Morgan fingerprint density at radius 2 is 1.75 bits per heavy atom. The van der Waals surface area contributed by atoms with Gasteiger partial charge in [0.05, 0.1) is 14.2 Å². The molecule has 0 aliphatic rings. The molecule has 0 radical (unpaired) electrons. The Morgan fingerprint density at radius 3 is 2.43 bits per heavy atom. The molecule has 0 spiro atoms. The summed E-state index contributed by atoms with van der Waals surface area (Å²) in [6.45, 7) is 0.939. The maximum Gasteiger partial charge on any atom is 0.342 e. The number of methoxy groups -OCH3 is 2. The number of esters is 1. The molecule has 1 amide bonds. The smallest absolute Gasteiger partial charge is 0.342 e. The molecule has 2 aromatic carbocycles. The average Bonchev–Trinajstić information content (AvgIpc) is 2.74. The minimum Gasteiger partial charge on any atom is -0.493 e. The Kier molecular flexibility index (Phi) is 8.14. The number of rotatable bonds is 10. The van der Waals surface area contributed by atoms with Gasteiger partial charge in [-0.15, -0.1) is 0 Å². The second kappa shape index (κ2) is 10.8. The van der Waals surface area contributed by atoms with Crippen molar-refractivity contribution < 1.29 is 23.8 Å². The lowest BCUT2D eigenvalue weighted by molar-refractivity contribution is -0.124. The van der Waals surface area contributed by atoms with Crippen molar-refractivity contribution in [3.63, 3.8) is 0 Å². The Bertz CT molecular complexity index is 780. The van der Waals surface area contributed by atoms with Crippen molar-refractivity contribution >= 4 is 17.6 Å². The molecule has 28 heavy (non-hydrogen) atoms.